The fourth-order valence-corrected chi connectivity index (χ4v) is 3.56. The molecule has 168 valence electrons. The lowest BCUT2D eigenvalue weighted by molar-refractivity contribution is -0.143. The molecular weight excluding hydrogens is 412 g/mol. The number of benzene rings is 2. The summed E-state index contributed by atoms with van der Waals surface area (Å²) < 4.78 is 5.82. The average Bonchev–Trinajstić information content (AvgIpc) is 2.67. The molecule has 0 heterocycles. The van der Waals surface area contributed by atoms with Crippen molar-refractivity contribution >= 4 is 23.4 Å². The highest BCUT2D eigenvalue weighted by molar-refractivity contribution is 6.31. The number of nitrogens with zero attached hydrogens (tertiary/aromatic N) is 1. The highest BCUT2D eigenvalue weighted by Crippen LogP contribution is 2.22. The maximum absolute atomic E-state index is 13.3. The van der Waals surface area contributed by atoms with Gasteiger partial charge in [-0.1, -0.05) is 54.4 Å². The molecule has 2 amide bonds. The third-order valence-corrected chi connectivity index (χ3v) is 5.23. The molecule has 0 unspecified atom stereocenters. The molecule has 0 radical (unpaired) electrons. The summed E-state index contributed by atoms with van der Waals surface area (Å²) in [4.78, 5) is 27.8. The molecule has 0 saturated carbocycles. The van der Waals surface area contributed by atoms with Crippen LogP contribution in [0.5, 0.6) is 5.75 Å². The largest absolute Gasteiger partial charge is 0.483 e. The third kappa shape index (κ3) is 7.28. The van der Waals surface area contributed by atoms with E-state index in [0.717, 1.165) is 16.7 Å². The van der Waals surface area contributed by atoms with Crippen LogP contribution in [0.2, 0.25) is 5.02 Å². The van der Waals surface area contributed by atoms with Gasteiger partial charge >= 0.3 is 0 Å². The Labute approximate surface area is 190 Å². The molecule has 0 aliphatic rings. The first kappa shape index (κ1) is 24.7. The molecule has 1 atom stereocenters. The van der Waals surface area contributed by atoms with Gasteiger partial charge in [0.25, 0.3) is 5.91 Å². The maximum Gasteiger partial charge on any atom is 0.261 e. The Morgan fingerprint density at radius 3 is 2.39 bits per heavy atom. The summed E-state index contributed by atoms with van der Waals surface area (Å²) in [5.74, 6) is 0.196. The van der Waals surface area contributed by atoms with Gasteiger partial charge in [0.05, 0.1) is 0 Å². The van der Waals surface area contributed by atoms with Crippen molar-refractivity contribution in [3.63, 3.8) is 0 Å². The van der Waals surface area contributed by atoms with Crippen molar-refractivity contribution in [1.29, 1.82) is 0 Å². The number of carbonyl (C=O) groups is 2. The van der Waals surface area contributed by atoms with Crippen molar-refractivity contribution in [2.75, 3.05) is 6.61 Å². The molecular formula is C25H33ClN2O3. The van der Waals surface area contributed by atoms with Crippen molar-refractivity contribution < 1.29 is 14.3 Å². The van der Waals surface area contributed by atoms with E-state index in [4.69, 9.17) is 16.3 Å². The molecule has 2 rings (SSSR count). The molecule has 0 saturated heterocycles. The van der Waals surface area contributed by atoms with Gasteiger partial charge in [0.1, 0.15) is 11.8 Å². The van der Waals surface area contributed by atoms with Crippen LogP contribution in [0.1, 0.15) is 50.8 Å². The van der Waals surface area contributed by atoms with Gasteiger partial charge in [-0.2, -0.15) is 0 Å². The number of amides is 2. The highest BCUT2D eigenvalue weighted by Gasteiger charge is 2.31. The normalized spacial score (nSPS) is 12.2. The van der Waals surface area contributed by atoms with E-state index in [1.165, 1.54) is 0 Å². The zero-order chi connectivity index (χ0) is 23.2. The minimum atomic E-state index is -0.634. The SMILES string of the molecule is CC[C@@H](C(=O)NC(C)(C)C)N(Cc1ccccc1Cl)C(=O)COc1ccc(C)cc1C. The smallest absolute Gasteiger partial charge is 0.261 e. The monoisotopic (exact) mass is 444 g/mol. The number of hydrogen-bond acceptors (Lipinski definition) is 3. The van der Waals surface area contributed by atoms with Crippen LogP contribution in [0, 0.1) is 13.8 Å². The molecule has 0 aliphatic carbocycles. The number of rotatable bonds is 8. The predicted molar refractivity (Wildman–Crippen MR) is 125 cm³/mol. The molecule has 0 aromatic heterocycles. The van der Waals surface area contributed by atoms with Crippen molar-refractivity contribution in [3.05, 3.63) is 64.2 Å². The van der Waals surface area contributed by atoms with E-state index in [1.807, 2.05) is 77.9 Å². The predicted octanol–water partition coefficient (Wildman–Crippen LogP) is 5.06. The van der Waals surface area contributed by atoms with Crippen LogP contribution in [-0.2, 0) is 16.1 Å². The van der Waals surface area contributed by atoms with Gasteiger partial charge in [0.2, 0.25) is 5.91 Å². The van der Waals surface area contributed by atoms with Crippen molar-refractivity contribution in [1.82, 2.24) is 10.2 Å². The summed E-state index contributed by atoms with van der Waals surface area (Å²) in [6, 6.07) is 12.5. The first-order valence-corrected chi connectivity index (χ1v) is 10.9. The van der Waals surface area contributed by atoms with Crippen molar-refractivity contribution in [2.24, 2.45) is 0 Å². The zero-order valence-electron chi connectivity index (χ0n) is 19.3. The van der Waals surface area contributed by atoms with Gasteiger partial charge in [-0.3, -0.25) is 9.59 Å². The second kappa shape index (κ2) is 10.7. The summed E-state index contributed by atoms with van der Waals surface area (Å²) in [6.45, 7) is 11.7. The standard InChI is InChI=1S/C25H33ClN2O3/c1-7-21(24(30)27-25(4,5)6)28(15-19-10-8-9-11-20(19)26)23(29)16-31-22-13-12-17(2)14-18(22)3/h8-14,21H,7,15-16H2,1-6H3,(H,27,30)/t21-/m0/s1. The van der Waals surface area contributed by atoms with E-state index in [2.05, 4.69) is 5.32 Å². The van der Waals surface area contributed by atoms with Gasteiger partial charge in [0, 0.05) is 17.1 Å². The second-order valence-electron chi connectivity index (χ2n) is 8.83. The van der Waals surface area contributed by atoms with E-state index in [9.17, 15) is 9.59 Å². The summed E-state index contributed by atoms with van der Waals surface area (Å²) >= 11 is 6.35. The van der Waals surface area contributed by atoms with Gasteiger partial charge in [-0.15, -0.1) is 0 Å². The third-order valence-electron chi connectivity index (χ3n) is 4.86. The fourth-order valence-electron chi connectivity index (χ4n) is 3.37. The van der Waals surface area contributed by atoms with Gasteiger partial charge in [0.15, 0.2) is 6.61 Å². The highest BCUT2D eigenvalue weighted by atomic mass is 35.5. The van der Waals surface area contributed by atoms with E-state index >= 15 is 0 Å². The lowest BCUT2D eigenvalue weighted by Gasteiger charge is -2.33. The van der Waals surface area contributed by atoms with Crippen LogP contribution in [0.4, 0.5) is 0 Å². The number of ether oxygens (including phenoxy) is 1. The molecule has 0 spiro atoms. The van der Waals surface area contributed by atoms with Crippen LogP contribution in [0.15, 0.2) is 42.5 Å². The van der Waals surface area contributed by atoms with Crippen LogP contribution < -0.4 is 10.1 Å². The second-order valence-corrected chi connectivity index (χ2v) is 9.24. The van der Waals surface area contributed by atoms with Crippen molar-refractivity contribution in [2.45, 2.75) is 66.1 Å². The number of carbonyl (C=O) groups excluding carboxylic acids is 2. The minimum absolute atomic E-state index is 0.159. The molecule has 0 aliphatic heterocycles. The van der Waals surface area contributed by atoms with E-state index < -0.39 is 11.6 Å². The Bertz CT molecular complexity index is 921. The van der Waals surface area contributed by atoms with Gasteiger partial charge in [-0.05, 0) is 64.3 Å². The Kier molecular flexibility index (Phi) is 8.52. The minimum Gasteiger partial charge on any atom is -0.483 e. The molecule has 2 aromatic carbocycles. The number of hydrogen-bond donors (Lipinski definition) is 1. The van der Waals surface area contributed by atoms with E-state index in [-0.39, 0.29) is 25.0 Å². The van der Waals surface area contributed by atoms with Crippen LogP contribution in [-0.4, -0.2) is 34.9 Å². The van der Waals surface area contributed by atoms with Crippen molar-refractivity contribution in [3.8, 4) is 5.75 Å². The summed E-state index contributed by atoms with van der Waals surface area (Å²) in [5.41, 5.74) is 2.47. The Morgan fingerprint density at radius 1 is 1.13 bits per heavy atom. The van der Waals surface area contributed by atoms with Crippen LogP contribution >= 0.6 is 11.6 Å². The Balaban J connectivity index is 2.27. The topological polar surface area (TPSA) is 58.6 Å². The molecule has 6 heteroatoms. The average molecular weight is 445 g/mol. The number of nitrogens with one attached hydrogen (secondary N) is 1. The van der Waals surface area contributed by atoms with Gasteiger partial charge in [-0.25, -0.2) is 0 Å². The molecule has 0 bridgehead atoms. The molecule has 1 N–H and O–H groups in total. The first-order chi connectivity index (χ1) is 14.5. The maximum atomic E-state index is 13.3. The zero-order valence-corrected chi connectivity index (χ0v) is 20.0. The summed E-state index contributed by atoms with van der Waals surface area (Å²) in [5, 5.41) is 3.55. The quantitative estimate of drug-likeness (QED) is 0.619. The first-order valence-electron chi connectivity index (χ1n) is 10.6. The summed E-state index contributed by atoms with van der Waals surface area (Å²) in [7, 11) is 0. The summed E-state index contributed by atoms with van der Waals surface area (Å²) in [6.07, 6.45) is 0.474. The van der Waals surface area contributed by atoms with Gasteiger partial charge < -0.3 is 15.0 Å². The number of aryl methyl sites for hydroxylation is 2. The molecule has 5 nitrogen and oxygen atoms in total. The molecule has 31 heavy (non-hydrogen) atoms. The fraction of sp³-hybridized carbons (Fsp3) is 0.440. The van der Waals surface area contributed by atoms with E-state index in [0.29, 0.717) is 17.2 Å². The molecule has 2 aromatic rings. The lowest BCUT2D eigenvalue weighted by Crippen LogP contribution is -2.54. The van der Waals surface area contributed by atoms with E-state index in [1.54, 1.807) is 11.0 Å². The molecule has 0 fully saturated rings. The Morgan fingerprint density at radius 2 is 1.81 bits per heavy atom. The van der Waals surface area contributed by atoms with Crippen LogP contribution in [0.25, 0.3) is 0 Å². The Hall–Kier alpha value is -2.53. The van der Waals surface area contributed by atoms with Crippen LogP contribution in [0.3, 0.4) is 0 Å². The number of halogens is 1. The lowest BCUT2D eigenvalue weighted by atomic mass is 10.1.